The van der Waals surface area contributed by atoms with Crippen LogP contribution in [0, 0.1) is 0 Å². The molecule has 82 valence electrons. The molecule has 0 spiro atoms. The van der Waals surface area contributed by atoms with E-state index >= 15 is 0 Å². The molecule has 0 aromatic rings. The molecular weight excluding hydrogens is 186 g/mol. The summed E-state index contributed by atoms with van der Waals surface area (Å²) in [5.41, 5.74) is 0. The average Bonchev–Trinajstić information content (AvgIpc) is 2.13. The molecule has 14 heavy (non-hydrogen) atoms. The number of Topliss-reactive ketones (excluding diaryl/α,β-unsaturated/α-hetero) is 1. The van der Waals surface area contributed by atoms with E-state index in [1.807, 2.05) is 0 Å². The van der Waals surface area contributed by atoms with Gasteiger partial charge >= 0.3 is 0 Å². The van der Waals surface area contributed by atoms with Gasteiger partial charge in [-0.2, -0.15) is 0 Å². The molecule has 0 saturated heterocycles. The molecule has 5 nitrogen and oxygen atoms in total. The van der Waals surface area contributed by atoms with Gasteiger partial charge < -0.3 is 20.3 Å². The van der Waals surface area contributed by atoms with Crippen molar-refractivity contribution in [1.29, 1.82) is 0 Å². The number of nitrogens with one attached hydrogen (secondary N) is 1. The van der Waals surface area contributed by atoms with Crippen molar-refractivity contribution in [2.24, 2.45) is 0 Å². The van der Waals surface area contributed by atoms with Gasteiger partial charge in [0.15, 0.2) is 0 Å². The second-order valence-electron chi connectivity index (χ2n) is 3.20. The van der Waals surface area contributed by atoms with Crippen LogP contribution in [0.3, 0.4) is 0 Å². The van der Waals surface area contributed by atoms with Crippen LogP contribution in [0.1, 0.15) is 26.2 Å². The quantitative estimate of drug-likeness (QED) is 0.506. The molecule has 0 radical (unpaired) electrons. The number of carbonyl (C=O) groups excluding carboxylic acids is 2. The predicted molar refractivity (Wildman–Crippen MR) is 50.6 cm³/mol. The Kier molecular flexibility index (Phi) is 6.96. The van der Waals surface area contributed by atoms with E-state index in [-0.39, 0.29) is 31.3 Å². The van der Waals surface area contributed by atoms with Crippen LogP contribution in [0.5, 0.6) is 0 Å². The summed E-state index contributed by atoms with van der Waals surface area (Å²) in [5, 5.41) is 19.8. The molecular formula is C9H17NO4. The normalized spacial score (nSPS) is 12.2. The van der Waals surface area contributed by atoms with Crippen LogP contribution in [0.15, 0.2) is 0 Å². The maximum atomic E-state index is 11.0. The third-order valence-electron chi connectivity index (χ3n) is 1.68. The van der Waals surface area contributed by atoms with Crippen molar-refractivity contribution in [3.63, 3.8) is 0 Å². The zero-order chi connectivity index (χ0) is 11.0. The Morgan fingerprint density at radius 2 is 2.00 bits per heavy atom. The van der Waals surface area contributed by atoms with Crippen LogP contribution in [-0.4, -0.2) is 41.2 Å². The Morgan fingerprint density at radius 1 is 1.36 bits per heavy atom. The molecule has 0 fully saturated rings. The lowest BCUT2D eigenvalue weighted by Crippen LogP contribution is -2.33. The molecule has 0 aromatic heterocycles. The third kappa shape index (κ3) is 7.70. The highest BCUT2D eigenvalue weighted by Crippen LogP contribution is 1.95. The largest absolute Gasteiger partial charge is 0.394 e. The number of hydrogen-bond acceptors (Lipinski definition) is 4. The van der Waals surface area contributed by atoms with E-state index in [0.29, 0.717) is 12.8 Å². The van der Waals surface area contributed by atoms with Gasteiger partial charge in [-0.25, -0.2) is 0 Å². The van der Waals surface area contributed by atoms with E-state index in [2.05, 4.69) is 5.32 Å². The van der Waals surface area contributed by atoms with Crippen molar-refractivity contribution >= 4 is 11.7 Å². The summed E-state index contributed by atoms with van der Waals surface area (Å²) in [7, 11) is 0. The number of hydrogen-bond donors (Lipinski definition) is 3. The second kappa shape index (κ2) is 7.46. The first-order valence-corrected chi connectivity index (χ1v) is 4.61. The molecule has 0 saturated carbocycles. The minimum absolute atomic E-state index is 0.0510. The van der Waals surface area contributed by atoms with E-state index in [1.54, 1.807) is 0 Å². The molecule has 0 aliphatic heterocycles. The van der Waals surface area contributed by atoms with E-state index in [9.17, 15) is 9.59 Å². The topological polar surface area (TPSA) is 86.6 Å². The van der Waals surface area contributed by atoms with Crippen molar-refractivity contribution in [3.05, 3.63) is 0 Å². The molecule has 1 atom stereocenters. The Labute approximate surface area is 83.1 Å². The maximum Gasteiger partial charge on any atom is 0.220 e. The van der Waals surface area contributed by atoms with Crippen LogP contribution < -0.4 is 5.32 Å². The number of ketones is 1. The molecule has 1 amide bonds. The van der Waals surface area contributed by atoms with Gasteiger partial charge in [-0.3, -0.25) is 4.79 Å². The summed E-state index contributed by atoms with van der Waals surface area (Å²) >= 11 is 0. The Bertz CT molecular complexity index is 193. The lowest BCUT2D eigenvalue weighted by atomic mass is 10.2. The standard InChI is InChI=1S/C9H17NO4/c1-7(12)3-2-4-9(14)10-5-8(13)6-11/h8,11,13H,2-6H2,1H3,(H,10,14)/t8-/m1/s1. The number of carbonyl (C=O) groups is 2. The molecule has 0 heterocycles. The van der Waals surface area contributed by atoms with Crippen molar-refractivity contribution in [3.8, 4) is 0 Å². The summed E-state index contributed by atoms with van der Waals surface area (Å²) in [6.07, 6.45) is 0.288. The van der Waals surface area contributed by atoms with Crippen LogP contribution in [0.2, 0.25) is 0 Å². The predicted octanol–water partition coefficient (Wildman–Crippen LogP) is -0.785. The molecule has 0 unspecified atom stereocenters. The Morgan fingerprint density at radius 3 is 2.50 bits per heavy atom. The molecule has 0 bridgehead atoms. The number of amides is 1. The van der Waals surface area contributed by atoms with Crippen molar-refractivity contribution in [2.75, 3.05) is 13.2 Å². The lowest BCUT2D eigenvalue weighted by Gasteiger charge is -2.08. The molecule has 3 N–H and O–H groups in total. The van der Waals surface area contributed by atoms with Gasteiger partial charge in [0, 0.05) is 19.4 Å². The molecule has 0 rings (SSSR count). The van der Waals surface area contributed by atoms with Crippen molar-refractivity contribution in [2.45, 2.75) is 32.3 Å². The summed E-state index contributed by atoms with van der Waals surface area (Å²) in [6, 6.07) is 0. The Hall–Kier alpha value is -0.940. The SMILES string of the molecule is CC(=O)CCCC(=O)NC[C@@H](O)CO. The number of rotatable bonds is 7. The third-order valence-corrected chi connectivity index (χ3v) is 1.68. The van der Waals surface area contributed by atoms with Gasteiger partial charge in [-0.15, -0.1) is 0 Å². The smallest absolute Gasteiger partial charge is 0.220 e. The molecule has 5 heteroatoms. The Balaban J connectivity index is 3.41. The fourth-order valence-corrected chi connectivity index (χ4v) is 0.882. The maximum absolute atomic E-state index is 11.0. The fraction of sp³-hybridized carbons (Fsp3) is 0.778. The highest BCUT2D eigenvalue weighted by molar-refractivity contribution is 5.78. The van der Waals surface area contributed by atoms with Crippen molar-refractivity contribution < 1.29 is 19.8 Å². The highest BCUT2D eigenvalue weighted by atomic mass is 16.3. The monoisotopic (exact) mass is 203 g/mol. The summed E-state index contributed by atoms with van der Waals surface area (Å²) < 4.78 is 0. The minimum atomic E-state index is -0.910. The minimum Gasteiger partial charge on any atom is -0.394 e. The van der Waals surface area contributed by atoms with E-state index in [1.165, 1.54) is 6.92 Å². The molecule has 0 aliphatic rings. The highest BCUT2D eigenvalue weighted by Gasteiger charge is 2.05. The van der Waals surface area contributed by atoms with Crippen LogP contribution in [0.4, 0.5) is 0 Å². The first-order chi connectivity index (χ1) is 6.56. The van der Waals surface area contributed by atoms with Crippen LogP contribution in [-0.2, 0) is 9.59 Å². The van der Waals surface area contributed by atoms with E-state index < -0.39 is 6.10 Å². The van der Waals surface area contributed by atoms with Crippen LogP contribution in [0.25, 0.3) is 0 Å². The first-order valence-electron chi connectivity index (χ1n) is 4.61. The number of aliphatic hydroxyl groups excluding tert-OH is 2. The van der Waals surface area contributed by atoms with E-state index in [4.69, 9.17) is 10.2 Å². The van der Waals surface area contributed by atoms with Gasteiger partial charge in [0.2, 0.25) is 5.91 Å². The zero-order valence-electron chi connectivity index (χ0n) is 8.32. The fourth-order valence-electron chi connectivity index (χ4n) is 0.882. The summed E-state index contributed by atoms with van der Waals surface area (Å²) in [6.45, 7) is 1.16. The second-order valence-corrected chi connectivity index (χ2v) is 3.20. The summed E-state index contributed by atoms with van der Waals surface area (Å²) in [4.78, 5) is 21.6. The molecule has 0 aliphatic carbocycles. The van der Waals surface area contributed by atoms with Gasteiger partial charge in [-0.05, 0) is 13.3 Å². The first kappa shape index (κ1) is 13.1. The molecule has 0 aromatic carbocycles. The van der Waals surface area contributed by atoms with Gasteiger partial charge in [0.05, 0.1) is 12.7 Å². The zero-order valence-corrected chi connectivity index (χ0v) is 8.32. The van der Waals surface area contributed by atoms with Crippen LogP contribution >= 0.6 is 0 Å². The van der Waals surface area contributed by atoms with Gasteiger partial charge in [0.1, 0.15) is 5.78 Å². The average molecular weight is 203 g/mol. The lowest BCUT2D eigenvalue weighted by molar-refractivity contribution is -0.122. The number of aliphatic hydroxyl groups is 2. The van der Waals surface area contributed by atoms with Crippen molar-refractivity contribution in [1.82, 2.24) is 5.32 Å². The van der Waals surface area contributed by atoms with Gasteiger partial charge in [0.25, 0.3) is 0 Å². The van der Waals surface area contributed by atoms with Gasteiger partial charge in [-0.1, -0.05) is 0 Å². The van der Waals surface area contributed by atoms with E-state index in [0.717, 1.165) is 0 Å². The summed E-state index contributed by atoms with van der Waals surface area (Å²) in [5.74, 6) is -0.146.